The summed E-state index contributed by atoms with van der Waals surface area (Å²) in [6.45, 7) is 8.89. The zero-order valence-electron chi connectivity index (χ0n) is 12.1. The molecule has 17 heavy (non-hydrogen) atoms. The van der Waals surface area contributed by atoms with Gasteiger partial charge in [-0.25, -0.2) is 0 Å². The van der Waals surface area contributed by atoms with Crippen molar-refractivity contribution >= 4 is 0 Å². The Morgan fingerprint density at radius 2 is 2.00 bits per heavy atom. The summed E-state index contributed by atoms with van der Waals surface area (Å²) in [6.07, 6.45) is 10.2. The highest BCUT2D eigenvalue weighted by molar-refractivity contribution is 4.86. The maximum Gasteiger partial charge on any atom is 0.0669 e. The second-order valence-corrected chi connectivity index (χ2v) is 5.75. The van der Waals surface area contributed by atoms with Gasteiger partial charge >= 0.3 is 0 Å². The first kappa shape index (κ1) is 15.0. The summed E-state index contributed by atoms with van der Waals surface area (Å²) < 4.78 is 6.02. The molecule has 1 saturated heterocycles. The molecule has 1 aliphatic heterocycles. The van der Waals surface area contributed by atoms with E-state index in [0.29, 0.717) is 6.04 Å². The monoisotopic (exact) mass is 241 g/mol. The van der Waals surface area contributed by atoms with E-state index in [1.165, 1.54) is 51.4 Å². The van der Waals surface area contributed by atoms with Crippen LogP contribution in [0.25, 0.3) is 0 Å². The van der Waals surface area contributed by atoms with E-state index >= 15 is 0 Å². The maximum absolute atomic E-state index is 6.02. The molecule has 2 heteroatoms. The van der Waals surface area contributed by atoms with Gasteiger partial charge in [0.1, 0.15) is 0 Å². The van der Waals surface area contributed by atoms with Crippen molar-refractivity contribution in [2.45, 2.75) is 83.8 Å². The molecule has 0 spiro atoms. The van der Waals surface area contributed by atoms with Crippen molar-refractivity contribution in [2.75, 3.05) is 13.2 Å². The lowest BCUT2D eigenvalue weighted by atomic mass is 9.87. The second kappa shape index (κ2) is 8.10. The van der Waals surface area contributed by atoms with Gasteiger partial charge in [-0.15, -0.1) is 0 Å². The molecule has 0 amide bonds. The standard InChI is InChI=1S/C15H31NO/c1-4-6-7-8-10-15(3)13-14(9-12-17-15)16-11-5-2/h14,16H,4-13H2,1-3H3. The fraction of sp³-hybridized carbons (Fsp3) is 1.00. The first-order valence-corrected chi connectivity index (χ1v) is 7.57. The van der Waals surface area contributed by atoms with Crippen molar-refractivity contribution in [3.63, 3.8) is 0 Å². The molecule has 1 N–H and O–H groups in total. The molecule has 2 atom stereocenters. The Labute approximate surface area is 108 Å². The zero-order valence-corrected chi connectivity index (χ0v) is 12.1. The van der Waals surface area contributed by atoms with Crippen LogP contribution in [0.4, 0.5) is 0 Å². The summed E-state index contributed by atoms with van der Waals surface area (Å²) in [5.74, 6) is 0. The number of hydrogen-bond donors (Lipinski definition) is 1. The molecule has 0 aromatic carbocycles. The van der Waals surface area contributed by atoms with Crippen molar-refractivity contribution in [2.24, 2.45) is 0 Å². The van der Waals surface area contributed by atoms with E-state index in [4.69, 9.17) is 4.74 Å². The van der Waals surface area contributed by atoms with E-state index in [1.54, 1.807) is 0 Å². The third-order valence-electron chi connectivity index (χ3n) is 3.84. The third-order valence-corrected chi connectivity index (χ3v) is 3.84. The molecule has 1 fully saturated rings. The predicted molar refractivity (Wildman–Crippen MR) is 74.4 cm³/mol. The Balaban J connectivity index is 2.24. The maximum atomic E-state index is 6.02. The van der Waals surface area contributed by atoms with E-state index in [2.05, 4.69) is 26.1 Å². The number of ether oxygens (including phenoxy) is 1. The van der Waals surface area contributed by atoms with Crippen molar-refractivity contribution in [3.05, 3.63) is 0 Å². The molecule has 0 radical (unpaired) electrons. The Bertz CT molecular complexity index is 195. The third kappa shape index (κ3) is 5.87. The molecule has 2 unspecified atom stereocenters. The average Bonchev–Trinajstić information content (AvgIpc) is 2.32. The van der Waals surface area contributed by atoms with Gasteiger partial charge in [-0.2, -0.15) is 0 Å². The second-order valence-electron chi connectivity index (χ2n) is 5.75. The minimum absolute atomic E-state index is 0.136. The Kier molecular flexibility index (Phi) is 7.14. The molecular formula is C15H31NO. The van der Waals surface area contributed by atoms with Crippen LogP contribution in [0, 0.1) is 0 Å². The fourth-order valence-electron chi connectivity index (χ4n) is 2.75. The summed E-state index contributed by atoms with van der Waals surface area (Å²) >= 11 is 0. The first-order valence-electron chi connectivity index (χ1n) is 7.57. The van der Waals surface area contributed by atoms with Gasteiger partial charge in [0, 0.05) is 12.6 Å². The van der Waals surface area contributed by atoms with Crippen molar-refractivity contribution in [1.29, 1.82) is 0 Å². The summed E-state index contributed by atoms with van der Waals surface area (Å²) in [5, 5.41) is 3.65. The Hall–Kier alpha value is -0.0800. The SMILES string of the molecule is CCCCCCC1(C)CC(NCCC)CCO1. The van der Waals surface area contributed by atoms with E-state index in [0.717, 1.165) is 13.2 Å². The zero-order chi connectivity index (χ0) is 12.6. The molecule has 1 rings (SSSR count). The van der Waals surface area contributed by atoms with Gasteiger partial charge in [-0.1, -0.05) is 39.5 Å². The average molecular weight is 241 g/mol. The van der Waals surface area contributed by atoms with Gasteiger partial charge in [-0.3, -0.25) is 0 Å². The van der Waals surface area contributed by atoms with Crippen LogP contribution in [-0.4, -0.2) is 24.8 Å². The van der Waals surface area contributed by atoms with Crippen molar-refractivity contribution in [3.8, 4) is 0 Å². The molecule has 1 heterocycles. The minimum atomic E-state index is 0.136. The quantitative estimate of drug-likeness (QED) is 0.651. The number of rotatable bonds is 8. The molecule has 0 aromatic heterocycles. The van der Waals surface area contributed by atoms with Crippen LogP contribution in [0.15, 0.2) is 0 Å². The van der Waals surface area contributed by atoms with Crippen LogP contribution in [0.1, 0.15) is 72.1 Å². The molecule has 0 saturated carbocycles. The van der Waals surface area contributed by atoms with Gasteiger partial charge in [0.2, 0.25) is 0 Å². The van der Waals surface area contributed by atoms with Gasteiger partial charge in [0.15, 0.2) is 0 Å². The number of nitrogens with one attached hydrogen (secondary N) is 1. The lowest BCUT2D eigenvalue weighted by molar-refractivity contribution is -0.0819. The van der Waals surface area contributed by atoms with E-state index in [1.807, 2.05) is 0 Å². The van der Waals surface area contributed by atoms with Crippen LogP contribution in [0.2, 0.25) is 0 Å². The highest BCUT2D eigenvalue weighted by Crippen LogP contribution is 2.30. The molecule has 0 aromatic rings. The lowest BCUT2D eigenvalue weighted by Crippen LogP contribution is -2.45. The fourth-order valence-corrected chi connectivity index (χ4v) is 2.75. The van der Waals surface area contributed by atoms with Crippen LogP contribution >= 0.6 is 0 Å². The van der Waals surface area contributed by atoms with Gasteiger partial charge in [0.25, 0.3) is 0 Å². The largest absolute Gasteiger partial charge is 0.375 e. The van der Waals surface area contributed by atoms with E-state index in [9.17, 15) is 0 Å². The normalized spacial score (nSPS) is 29.5. The minimum Gasteiger partial charge on any atom is -0.375 e. The van der Waals surface area contributed by atoms with Crippen LogP contribution in [0.5, 0.6) is 0 Å². The Morgan fingerprint density at radius 1 is 1.18 bits per heavy atom. The summed E-state index contributed by atoms with van der Waals surface area (Å²) in [6, 6.07) is 0.680. The highest BCUT2D eigenvalue weighted by Gasteiger charge is 2.32. The van der Waals surface area contributed by atoms with Crippen LogP contribution < -0.4 is 5.32 Å². The van der Waals surface area contributed by atoms with Crippen LogP contribution in [0.3, 0.4) is 0 Å². The highest BCUT2D eigenvalue weighted by atomic mass is 16.5. The molecule has 1 aliphatic rings. The summed E-state index contributed by atoms with van der Waals surface area (Å²) in [4.78, 5) is 0. The summed E-state index contributed by atoms with van der Waals surface area (Å²) in [5.41, 5.74) is 0.136. The molecule has 2 nitrogen and oxygen atoms in total. The van der Waals surface area contributed by atoms with Crippen LogP contribution in [-0.2, 0) is 4.74 Å². The van der Waals surface area contributed by atoms with E-state index in [-0.39, 0.29) is 5.60 Å². The topological polar surface area (TPSA) is 21.3 Å². The molecular weight excluding hydrogens is 210 g/mol. The number of unbranched alkanes of at least 4 members (excludes halogenated alkanes) is 3. The molecule has 102 valence electrons. The Morgan fingerprint density at radius 3 is 2.71 bits per heavy atom. The lowest BCUT2D eigenvalue weighted by Gasteiger charge is -2.39. The predicted octanol–water partition coefficient (Wildman–Crippen LogP) is 3.89. The van der Waals surface area contributed by atoms with Gasteiger partial charge in [0.05, 0.1) is 5.60 Å². The van der Waals surface area contributed by atoms with Gasteiger partial charge in [-0.05, 0) is 39.2 Å². The summed E-state index contributed by atoms with van der Waals surface area (Å²) in [7, 11) is 0. The molecule has 0 aliphatic carbocycles. The smallest absolute Gasteiger partial charge is 0.0669 e. The first-order chi connectivity index (χ1) is 8.20. The number of hydrogen-bond acceptors (Lipinski definition) is 2. The van der Waals surface area contributed by atoms with Gasteiger partial charge < -0.3 is 10.1 Å². The van der Waals surface area contributed by atoms with Crippen molar-refractivity contribution in [1.82, 2.24) is 5.32 Å². The van der Waals surface area contributed by atoms with E-state index < -0.39 is 0 Å². The van der Waals surface area contributed by atoms with Crippen molar-refractivity contribution < 1.29 is 4.74 Å². The molecule has 0 bridgehead atoms.